The molecule has 2 heterocycles. The second-order valence-electron chi connectivity index (χ2n) is 6.14. The monoisotopic (exact) mass is 318 g/mol. The van der Waals surface area contributed by atoms with Crippen molar-refractivity contribution in [1.82, 2.24) is 14.5 Å². The maximum absolute atomic E-state index is 13.0. The zero-order valence-electron chi connectivity index (χ0n) is 13.7. The molecule has 5 heteroatoms. The van der Waals surface area contributed by atoms with E-state index in [1.54, 1.807) is 4.57 Å². The second kappa shape index (κ2) is 5.69. The van der Waals surface area contributed by atoms with Crippen LogP contribution in [0.25, 0.3) is 16.6 Å². The van der Waals surface area contributed by atoms with Crippen LogP contribution in [-0.2, 0) is 0 Å². The summed E-state index contributed by atoms with van der Waals surface area (Å²) >= 11 is 0. The molecule has 1 aliphatic heterocycles. The first-order valence-corrected chi connectivity index (χ1v) is 7.98. The molecule has 0 saturated heterocycles. The van der Waals surface area contributed by atoms with Crippen molar-refractivity contribution in [2.75, 3.05) is 27.2 Å². The normalized spacial score (nSPS) is 14.4. The Hall–Kier alpha value is -2.79. The van der Waals surface area contributed by atoms with E-state index in [9.17, 15) is 4.79 Å². The maximum Gasteiger partial charge on any atom is 0.266 e. The molecule has 3 aromatic rings. The fourth-order valence-corrected chi connectivity index (χ4v) is 3.02. The summed E-state index contributed by atoms with van der Waals surface area (Å²) in [7, 11) is 4.04. The van der Waals surface area contributed by atoms with E-state index in [0.29, 0.717) is 23.3 Å². The summed E-state index contributed by atoms with van der Waals surface area (Å²) < 4.78 is 1.69. The predicted octanol–water partition coefficient (Wildman–Crippen LogP) is 2.10. The summed E-state index contributed by atoms with van der Waals surface area (Å²) in [6.45, 7) is 1.52. The van der Waals surface area contributed by atoms with Crippen molar-refractivity contribution < 1.29 is 0 Å². The van der Waals surface area contributed by atoms with E-state index < -0.39 is 0 Å². The summed E-state index contributed by atoms with van der Waals surface area (Å²) in [5.74, 6) is 0.638. The molecule has 0 spiro atoms. The van der Waals surface area contributed by atoms with Crippen molar-refractivity contribution in [3.05, 3.63) is 70.3 Å². The minimum Gasteiger partial charge on any atom is -0.308 e. The highest BCUT2D eigenvalue weighted by molar-refractivity contribution is 6.16. The third-order valence-corrected chi connectivity index (χ3v) is 4.20. The lowest BCUT2D eigenvalue weighted by Crippen LogP contribution is -2.22. The Kier molecular flexibility index (Phi) is 3.50. The zero-order chi connectivity index (χ0) is 16.7. The molecule has 2 aromatic carbocycles. The molecule has 5 nitrogen and oxygen atoms in total. The van der Waals surface area contributed by atoms with E-state index in [2.05, 4.69) is 4.90 Å². The molecule has 1 aliphatic rings. The molecule has 0 saturated carbocycles. The van der Waals surface area contributed by atoms with Gasteiger partial charge < -0.3 is 4.90 Å². The molecule has 0 amide bonds. The molecule has 1 aromatic heterocycles. The Bertz CT molecular complexity index is 1020. The van der Waals surface area contributed by atoms with Crippen LogP contribution in [0.4, 0.5) is 0 Å². The predicted molar refractivity (Wildman–Crippen MR) is 96.4 cm³/mol. The minimum absolute atomic E-state index is 0.0409. The van der Waals surface area contributed by atoms with Crippen molar-refractivity contribution in [2.24, 2.45) is 4.99 Å². The largest absolute Gasteiger partial charge is 0.308 e. The highest BCUT2D eigenvalue weighted by atomic mass is 16.1. The van der Waals surface area contributed by atoms with Crippen molar-refractivity contribution in [3.63, 3.8) is 0 Å². The van der Waals surface area contributed by atoms with E-state index in [1.807, 2.05) is 62.6 Å². The highest BCUT2D eigenvalue weighted by Crippen LogP contribution is 2.26. The number of benzene rings is 2. The van der Waals surface area contributed by atoms with Crippen LogP contribution in [0, 0.1) is 0 Å². The summed E-state index contributed by atoms with van der Waals surface area (Å²) in [5.41, 5.74) is 3.30. The van der Waals surface area contributed by atoms with Crippen molar-refractivity contribution >= 4 is 16.6 Å². The van der Waals surface area contributed by atoms with Crippen molar-refractivity contribution in [2.45, 2.75) is 0 Å². The Labute approximate surface area is 139 Å². The summed E-state index contributed by atoms with van der Waals surface area (Å²) in [6.07, 6.45) is 0. The molecule has 0 aliphatic carbocycles. The van der Waals surface area contributed by atoms with Crippen LogP contribution in [0.3, 0.4) is 0 Å². The molecule has 120 valence electrons. The van der Waals surface area contributed by atoms with Gasteiger partial charge in [0.25, 0.3) is 5.56 Å². The lowest BCUT2D eigenvalue weighted by Gasteiger charge is -2.07. The minimum atomic E-state index is -0.0409. The Morgan fingerprint density at radius 1 is 1.08 bits per heavy atom. The number of likely N-dealkylation sites (N-methyl/N-ethyl adjacent to an activating group) is 1. The first-order chi connectivity index (χ1) is 11.7. The first-order valence-electron chi connectivity index (χ1n) is 7.98. The van der Waals surface area contributed by atoms with Crippen LogP contribution in [-0.4, -0.2) is 47.3 Å². The molecule has 0 unspecified atom stereocenters. The third-order valence-electron chi connectivity index (χ3n) is 4.20. The zero-order valence-corrected chi connectivity index (χ0v) is 13.7. The number of para-hydroxylation sites is 2. The Morgan fingerprint density at radius 3 is 2.67 bits per heavy atom. The number of nitrogens with zero attached hydrogens (tertiary/aromatic N) is 4. The van der Waals surface area contributed by atoms with E-state index in [0.717, 1.165) is 23.5 Å². The van der Waals surface area contributed by atoms with Gasteiger partial charge in [-0.2, -0.15) is 0 Å². The van der Waals surface area contributed by atoms with Crippen LogP contribution < -0.4 is 5.56 Å². The highest BCUT2D eigenvalue weighted by Gasteiger charge is 2.27. The third kappa shape index (κ3) is 2.25. The quantitative estimate of drug-likeness (QED) is 0.581. The van der Waals surface area contributed by atoms with Gasteiger partial charge in [0.2, 0.25) is 0 Å². The molecular weight excluding hydrogens is 300 g/mol. The average Bonchev–Trinajstić information content (AvgIpc) is 2.89. The van der Waals surface area contributed by atoms with Crippen LogP contribution >= 0.6 is 0 Å². The SMILES string of the molecule is CN(C)CC/N=C1\c2ccccc2-n2c1nc1ccccc1c2=O. The van der Waals surface area contributed by atoms with Crippen molar-refractivity contribution in [1.29, 1.82) is 0 Å². The second-order valence-corrected chi connectivity index (χ2v) is 6.14. The van der Waals surface area contributed by atoms with Gasteiger partial charge in [-0.15, -0.1) is 0 Å². The van der Waals surface area contributed by atoms with Crippen LogP contribution in [0.5, 0.6) is 0 Å². The summed E-state index contributed by atoms with van der Waals surface area (Å²) in [4.78, 5) is 24.5. The van der Waals surface area contributed by atoms with Gasteiger partial charge in [0.05, 0.1) is 23.1 Å². The van der Waals surface area contributed by atoms with Crippen LogP contribution in [0.15, 0.2) is 58.3 Å². The topological polar surface area (TPSA) is 50.5 Å². The number of fused-ring (bicyclic) bond motifs is 4. The van der Waals surface area contributed by atoms with E-state index in [4.69, 9.17) is 9.98 Å². The number of aromatic nitrogens is 2. The van der Waals surface area contributed by atoms with Gasteiger partial charge in [0, 0.05) is 12.1 Å². The number of hydrogen-bond acceptors (Lipinski definition) is 4. The average molecular weight is 318 g/mol. The maximum atomic E-state index is 13.0. The standard InChI is InChI=1S/C19H18N4O/c1-22(2)12-11-20-17-14-8-4-6-10-16(14)23-18(17)21-15-9-5-3-7-13(15)19(23)24/h3-10H,11-12H2,1-2H3/b20-17+. The van der Waals surface area contributed by atoms with Gasteiger partial charge in [0.1, 0.15) is 5.71 Å². The van der Waals surface area contributed by atoms with Crippen LogP contribution in [0.2, 0.25) is 0 Å². The Balaban J connectivity index is 1.98. The molecule has 0 fully saturated rings. The fraction of sp³-hybridized carbons (Fsp3) is 0.211. The lowest BCUT2D eigenvalue weighted by molar-refractivity contribution is 0.420. The molecule has 0 N–H and O–H groups in total. The van der Waals surface area contributed by atoms with Gasteiger partial charge in [-0.05, 0) is 32.3 Å². The van der Waals surface area contributed by atoms with Gasteiger partial charge in [-0.1, -0.05) is 30.3 Å². The first kappa shape index (κ1) is 14.8. The van der Waals surface area contributed by atoms with Gasteiger partial charge in [-0.3, -0.25) is 14.4 Å². The number of aliphatic imine (C=N–C) groups is 1. The molecule has 24 heavy (non-hydrogen) atoms. The summed E-state index contributed by atoms with van der Waals surface area (Å²) in [6, 6.07) is 15.3. The van der Waals surface area contributed by atoms with Crippen molar-refractivity contribution in [3.8, 4) is 5.69 Å². The Morgan fingerprint density at radius 2 is 1.83 bits per heavy atom. The van der Waals surface area contributed by atoms with E-state index >= 15 is 0 Å². The molecule has 4 rings (SSSR count). The smallest absolute Gasteiger partial charge is 0.266 e. The number of rotatable bonds is 3. The lowest BCUT2D eigenvalue weighted by atomic mass is 10.1. The molecule has 0 atom stereocenters. The summed E-state index contributed by atoms with van der Waals surface area (Å²) in [5, 5.41) is 0.630. The molecule has 0 bridgehead atoms. The van der Waals surface area contributed by atoms with E-state index in [1.165, 1.54) is 0 Å². The fourth-order valence-electron chi connectivity index (χ4n) is 3.02. The molecular formula is C19H18N4O. The number of hydrogen-bond donors (Lipinski definition) is 0. The van der Waals surface area contributed by atoms with Crippen LogP contribution in [0.1, 0.15) is 11.4 Å². The van der Waals surface area contributed by atoms with E-state index in [-0.39, 0.29) is 5.56 Å². The van der Waals surface area contributed by atoms with Gasteiger partial charge in [0.15, 0.2) is 5.82 Å². The van der Waals surface area contributed by atoms with Gasteiger partial charge >= 0.3 is 0 Å². The van der Waals surface area contributed by atoms with Gasteiger partial charge in [-0.25, -0.2) is 4.98 Å². The molecule has 0 radical (unpaired) electrons.